The first kappa shape index (κ1) is 24.1. The van der Waals surface area contributed by atoms with Crippen LogP contribution in [0.1, 0.15) is 11.1 Å². The lowest BCUT2D eigenvalue weighted by Crippen LogP contribution is -2.10. The van der Waals surface area contributed by atoms with Crippen molar-refractivity contribution in [3.63, 3.8) is 0 Å². The van der Waals surface area contributed by atoms with E-state index in [9.17, 15) is 28.6 Å². The summed E-state index contributed by atoms with van der Waals surface area (Å²) in [6.45, 7) is 1.83. The van der Waals surface area contributed by atoms with Crippen LogP contribution in [0, 0.1) is 27.2 Å². The molecule has 0 saturated heterocycles. The van der Waals surface area contributed by atoms with E-state index >= 15 is 0 Å². The van der Waals surface area contributed by atoms with E-state index < -0.39 is 31.3 Å². The van der Waals surface area contributed by atoms with Crippen LogP contribution in [0.15, 0.2) is 70.7 Å². The summed E-state index contributed by atoms with van der Waals surface area (Å²) in [5, 5.41) is 25.9. The lowest BCUT2D eigenvalue weighted by molar-refractivity contribution is -0.393. The van der Waals surface area contributed by atoms with E-state index in [1.807, 2.05) is 6.92 Å². The zero-order valence-corrected chi connectivity index (χ0v) is 18.7. The van der Waals surface area contributed by atoms with Gasteiger partial charge in [-0.2, -0.15) is 13.5 Å². The van der Waals surface area contributed by atoms with Crippen molar-refractivity contribution in [1.82, 2.24) is 0 Å². The van der Waals surface area contributed by atoms with Gasteiger partial charge in [0.05, 0.1) is 29.2 Å². The average molecular weight is 486 g/mol. The summed E-state index contributed by atoms with van der Waals surface area (Å²) in [5.41, 5.74) is 2.81. The van der Waals surface area contributed by atoms with Crippen molar-refractivity contribution in [1.29, 1.82) is 0 Å². The number of nitro groups is 2. The van der Waals surface area contributed by atoms with Gasteiger partial charge in [0.15, 0.2) is 11.5 Å². The minimum absolute atomic E-state index is 0.0142. The molecule has 0 aliphatic heterocycles. The quantitative estimate of drug-likeness (QED) is 0.203. The van der Waals surface area contributed by atoms with E-state index in [0.717, 1.165) is 17.7 Å². The smallest absolute Gasteiger partial charge is 0.339 e. The molecule has 1 N–H and O–H groups in total. The second-order valence-electron chi connectivity index (χ2n) is 6.85. The monoisotopic (exact) mass is 486 g/mol. The highest BCUT2D eigenvalue weighted by molar-refractivity contribution is 7.87. The molecule has 34 heavy (non-hydrogen) atoms. The Morgan fingerprint density at radius 3 is 2.26 bits per heavy atom. The number of methoxy groups -OCH3 is 1. The van der Waals surface area contributed by atoms with E-state index in [2.05, 4.69) is 10.5 Å². The molecule has 0 aliphatic rings. The number of anilines is 1. The van der Waals surface area contributed by atoms with Gasteiger partial charge in [-0.15, -0.1) is 0 Å². The maximum Gasteiger partial charge on any atom is 0.339 e. The van der Waals surface area contributed by atoms with Crippen molar-refractivity contribution in [3.05, 3.63) is 92.0 Å². The van der Waals surface area contributed by atoms with Gasteiger partial charge in [-0.1, -0.05) is 17.7 Å². The van der Waals surface area contributed by atoms with Crippen molar-refractivity contribution in [2.24, 2.45) is 5.10 Å². The zero-order chi connectivity index (χ0) is 24.9. The summed E-state index contributed by atoms with van der Waals surface area (Å²) in [6.07, 6.45) is 1.30. The minimum atomic E-state index is -4.09. The van der Waals surface area contributed by atoms with E-state index in [0.29, 0.717) is 5.56 Å². The van der Waals surface area contributed by atoms with Crippen molar-refractivity contribution in [2.75, 3.05) is 12.5 Å². The first-order valence-corrected chi connectivity index (χ1v) is 10.9. The number of ether oxygens (including phenoxy) is 1. The molecule has 0 fully saturated rings. The van der Waals surface area contributed by atoms with Gasteiger partial charge >= 0.3 is 15.8 Å². The maximum absolute atomic E-state index is 12.5. The van der Waals surface area contributed by atoms with Crippen molar-refractivity contribution in [2.45, 2.75) is 11.8 Å². The van der Waals surface area contributed by atoms with Crippen LogP contribution in [0.25, 0.3) is 0 Å². The summed E-state index contributed by atoms with van der Waals surface area (Å²) in [5.74, 6) is 0.0696. The SMILES string of the molecule is COc1cc(/C=N/Nc2ccc([N+](=O)[O-])cc2[N+](=O)[O-])ccc1OS(=O)(=O)c1ccc(C)cc1. The van der Waals surface area contributed by atoms with E-state index in [1.54, 1.807) is 12.1 Å². The van der Waals surface area contributed by atoms with Gasteiger partial charge in [0.2, 0.25) is 0 Å². The van der Waals surface area contributed by atoms with Crippen LogP contribution in [0.3, 0.4) is 0 Å². The first-order chi connectivity index (χ1) is 16.1. The summed E-state index contributed by atoms with van der Waals surface area (Å²) >= 11 is 0. The lowest BCUT2D eigenvalue weighted by Gasteiger charge is -2.11. The molecule has 0 spiro atoms. The fraction of sp³-hybridized carbons (Fsp3) is 0.0952. The molecule has 13 heteroatoms. The second-order valence-corrected chi connectivity index (χ2v) is 8.39. The van der Waals surface area contributed by atoms with Crippen LogP contribution in [-0.2, 0) is 10.1 Å². The Bertz CT molecular complexity index is 1370. The Balaban J connectivity index is 1.79. The zero-order valence-electron chi connectivity index (χ0n) is 17.9. The first-order valence-electron chi connectivity index (χ1n) is 9.52. The molecule has 3 aromatic rings. The van der Waals surface area contributed by atoms with Gasteiger partial charge < -0.3 is 8.92 Å². The van der Waals surface area contributed by atoms with Crippen LogP contribution in [0.2, 0.25) is 0 Å². The lowest BCUT2D eigenvalue weighted by atomic mass is 10.2. The summed E-state index contributed by atoms with van der Waals surface area (Å²) in [4.78, 5) is 20.5. The van der Waals surface area contributed by atoms with Gasteiger partial charge in [0, 0.05) is 6.07 Å². The molecule has 0 bridgehead atoms. The highest BCUT2D eigenvalue weighted by Gasteiger charge is 2.20. The molecular formula is C21H18N4O8S. The van der Waals surface area contributed by atoms with Gasteiger partial charge in [-0.25, -0.2) is 0 Å². The Labute approximate surface area is 193 Å². The molecule has 0 aromatic heterocycles. The number of nitro benzene ring substituents is 2. The van der Waals surface area contributed by atoms with Gasteiger partial charge in [-0.3, -0.25) is 25.7 Å². The van der Waals surface area contributed by atoms with E-state index in [4.69, 9.17) is 8.92 Å². The Hall–Kier alpha value is -4.52. The maximum atomic E-state index is 12.5. The molecule has 0 atom stereocenters. The third-order valence-electron chi connectivity index (χ3n) is 4.48. The fourth-order valence-corrected chi connectivity index (χ4v) is 3.70. The van der Waals surface area contributed by atoms with Crippen LogP contribution < -0.4 is 14.3 Å². The molecule has 3 aromatic carbocycles. The topological polar surface area (TPSA) is 163 Å². The van der Waals surface area contributed by atoms with Crippen LogP contribution in [0.4, 0.5) is 17.1 Å². The molecule has 0 radical (unpaired) electrons. The second kappa shape index (κ2) is 9.95. The van der Waals surface area contributed by atoms with Crippen LogP contribution >= 0.6 is 0 Å². The predicted octanol–water partition coefficient (Wildman–Crippen LogP) is 4.03. The minimum Gasteiger partial charge on any atom is -0.493 e. The molecule has 0 saturated carbocycles. The van der Waals surface area contributed by atoms with Crippen molar-refractivity contribution in [3.8, 4) is 11.5 Å². The third-order valence-corrected chi connectivity index (χ3v) is 5.73. The molecule has 12 nitrogen and oxygen atoms in total. The molecule has 0 aliphatic carbocycles. The number of aryl methyl sites for hydroxylation is 1. The van der Waals surface area contributed by atoms with Crippen molar-refractivity contribution >= 4 is 33.4 Å². The standard InChI is InChI=1S/C21H18N4O8S/c1-14-3-7-17(8-4-14)34(30,31)33-20-10-5-15(11-21(20)32-2)13-22-23-18-9-6-16(24(26)27)12-19(18)25(28)29/h3-13,23H,1-2H3/b22-13+. The summed E-state index contributed by atoms with van der Waals surface area (Å²) < 4.78 is 35.5. The molecule has 176 valence electrons. The van der Waals surface area contributed by atoms with Gasteiger partial charge in [-0.05, 0) is 48.9 Å². The predicted molar refractivity (Wildman–Crippen MR) is 123 cm³/mol. The number of nitrogens with one attached hydrogen (secondary N) is 1. The number of rotatable bonds is 9. The number of benzene rings is 3. The number of non-ortho nitro benzene ring substituents is 1. The number of hydrazone groups is 1. The van der Waals surface area contributed by atoms with Crippen molar-refractivity contribution < 1.29 is 27.2 Å². The third kappa shape index (κ3) is 5.63. The highest BCUT2D eigenvalue weighted by atomic mass is 32.2. The Kier molecular flexibility index (Phi) is 7.06. The number of hydrogen-bond acceptors (Lipinski definition) is 10. The van der Waals surface area contributed by atoms with Gasteiger partial charge in [0.25, 0.3) is 5.69 Å². The Morgan fingerprint density at radius 1 is 0.941 bits per heavy atom. The Morgan fingerprint density at radius 2 is 1.65 bits per heavy atom. The number of hydrogen-bond donors (Lipinski definition) is 1. The van der Waals surface area contributed by atoms with E-state index in [-0.39, 0.29) is 22.1 Å². The van der Waals surface area contributed by atoms with Crippen LogP contribution in [0.5, 0.6) is 11.5 Å². The molecule has 3 rings (SSSR count). The average Bonchev–Trinajstić information content (AvgIpc) is 2.80. The molecule has 0 unspecified atom stereocenters. The fourth-order valence-electron chi connectivity index (χ4n) is 2.76. The van der Waals surface area contributed by atoms with Gasteiger partial charge in [0.1, 0.15) is 10.6 Å². The number of nitrogens with zero attached hydrogens (tertiary/aromatic N) is 3. The van der Waals surface area contributed by atoms with Crippen LogP contribution in [-0.4, -0.2) is 31.6 Å². The summed E-state index contributed by atoms with van der Waals surface area (Å²) in [6, 6.07) is 13.6. The molecular weight excluding hydrogens is 468 g/mol. The normalized spacial score (nSPS) is 11.2. The molecule has 0 amide bonds. The highest BCUT2D eigenvalue weighted by Crippen LogP contribution is 2.31. The largest absolute Gasteiger partial charge is 0.493 e. The summed E-state index contributed by atoms with van der Waals surface area (Å²) in [7, 11) is -2.76. The molecule has 0 heterocycles. The van der Waals surface area contributed by atoms with E-state index in [1.165, 1.54) is 49.7 Å².